The van der Waals surface area contributed by atoms with Gasteiger partial charge in [0, 0.05) is 18.4 Å². The molecule has 0 saturated heterocycles. The normalized spacial score (nSPS) is 11.2. The van der Waals surface area contributed by atoms with Gasteiger partial charge in [-0.2, -0.15) is 0 Å². The number of aromatic nitrogens is 2. The molecule has 2 rings (SSSR count). The molecule has 0 aliphatic rings. The molecule has 2 aromatic rings. The van der Waals surface area contributed by atoms with Gasteiger partial charge < -0.3 is 9.73 Å². The van der Waals surface area contributed by atoms with Gasteiger partial charge in [-0.3, -0.25) is 0 Å². The minimum absolute atomic E-state index is 0.509. The van der Waals surface area contributed by atoms with E-state index in [0.717, 1.165) is 18.0 Å². The SMILES string of the molecule is Cc1nnc(Sc2ccc(CNCC(C)C)cc2Cl)o1. The van der Waals surface area contributed by atoms with Crippen LogP contribution < -0.4 is 5.32 Å². The lowest BCUT2D eigenvalue weighted by Gasteiger charge is -2.09. The van der Waals surface area contributed by atoms with Crippen molar-refractivity contribution in [3.63, 3.8) is 0 Å². The zero-order valence-corrected chi connectivity index (χ0v) is 13.4. The number of hydrogen-bond acceptors (Lipinski definition) is 5. The predicted octanol–water partition coefficient (Wildman–Crippen LogP) is 3.93. The zero-order chi connectivity index (χ0) is 14.5. The average Bonchev–Trinajstić information content (AvgIpc) is 2.78. The lowest BCUT2D eigenvalue weighted by Crippen LogP contribution is -2.18. The Labute approximate surface area is 128 Å². The second-order valence-electron chi connectivity index (χ2n) is 4.98. The Morgan fingerprint density at radius 1 is 1.35 bits per heavy atom. The number of aryl methyl sites for hydroxylation is 1. The standard InChI is InChI=1S/C14H18ClN3OS/c1-9(2)7-16-8-11-4-5-13(12(15)6-11)20-14-18-17-10(3)19-14/h4-6,9,16H,7-8H2,1-3H3. The Bertz CT molecular complexity index is 571. The summed E-state index contributed by atoms with van der Waals surface area (Å²) in [6.45, 7) is 7.96. The second kappa shape index (κ2) is 7.11. The van der Waals surface area contributed by atoms with Gasteiger partial charge in [0.05, 0.1) is 5.02 Å². The second-order valence-corrected chi connectivity index (χ2v) is 6.38. The molecule has 0 atom stereocenters. The maximum absolute atomic E-state index is 6.29. The Balaban J connectivity index is 1.98. The highest BCUT2D eigenvalue weighted by Gasteiger charge is 2.09. The molecule has 6 heteroatoms. The van der Waals surface area contributed by atoms with Gasteiger partial charge in [-0.1, -0.05) is 31.5 Å². The third kappa shape index (κ3) is 4.51. The van der Waals surface area contributed by atoms with Crippen LogP contribution in [0.1, 0.15) is 25.3 Å². The first-order valence-corrected chi connectivity index (χ1v) is 7.71. The number of nitrogens with zero attached hydrogens (tertiary/aromatic N) is 2. The number of halogens is 1. The van der Waals surface area contributed by atoms with Gasteiger partial charge in [-0.25, -0.2) is 0 Å². The van der Waals surface area contributed by atoms with E-state index in [9.17, 15) is 0 Å². The van der Waals surface area contributed by atoms with Crippen molar-refractivity contribution in [3.8, 4) is 0 Å². The maximum Gasteiger partial charge on any atom is 0.281 e. The summed E-state index contributed by atoms with van der Waals surface area (Å²) in [5.74, 6) is 1.19. The smallest absolute Gasteiger partial charge is 0.281 e. The molecule has 0 radical (unpaired) electrons. The van der Waals surface area contributed by atoms with E-state index in [1.165, 1.54) is 17.3 Å². The van der Waals surface area contributed by atoms with Crippen molar-refractivity contribution in [3.05, 3.63) is 34.7 Å². The van der Waals surface area contributed by atoms with Crippen LogP contribution in [0.3, 0.4) is 0 Å². The summed E-state index contributed by atoms with van der Waals surface area (Å²) in [6, 6.07) is 6.02. The molecular weight excluding hydrogens is 294 g/mol. The molecule has 1 aromatic heterocycles. The van der Waals surface area contributed by atoms with Crippen LogP contribution in [-0.2, 0) is 6.54 Å². The molecule has 0 aliphatic heterocycles. The fourth-order valence-electron chi connectivity index (χ4n) is 1.66. The number of rotatable bonds is 6. The van der Waals surface area contributed by atoms with Crippen LogP contribution in [0.5, 0.6) is 0 Å². The molecule has 1 N–H and O–H groups in total. The summed E-state index contributed by atoms with van der Waals surface area (Å²) in [6.07, 6.45) is 0. The van der Waals surface area contributed by atoms with Crippen molar-refractivity contribution in [1.29, 1.82) is 0 Å². The summed E-state index contributed by atoms with van der Waals surface area (Å²) in [7, 11) is 0. The third-order valence-corrected chi connectivity index (χ3v) is 3.92. The summed E-state index contributed by atoms with van der Waals surface area (Å²) in [5.41, 5.74) is 1.17. The van der Waals surface area contributed by atoms with Crippen LogP contribution in [0.2, 0.25) is 5.02 Å². The van der Waals surface area contributed by atoms with Crippen molar-refractivity contribution in [2.75, 3.05) is 6.54 Å². The largest absolute Gasteiger partial charge is 0.416 e. The number of benzene rings is 1. The molecule has 1 heterocycles. The van der Waals surface area contributed by atoms with Gasteiger partial charge in [0.1, 0.15) is 0 Å². The number of hydrogen-bond donors (Lipinski definition) is 1. The van der Waals surface area contributed by atoms with Crippen LogP contribution in [-0.4, -0.2) is 16.7 Å². The summed E-state index contributed by atoms with van der Waals surface area (Å²) < 4.78 is 5.33. The molecule has 0 amide bonds. The first kappa shape index (κ1) is 15.4. The molecule has 1 aromatic carbocycles. The molecule has 0 spiro atoms. The highest BCUT2D eigenvalue weighted by atomic mass is 35.5. The summed E-state index contributed by atoms with van der Waals surface area (Å²) >= 11 is 7.67. The average molecular weight is 312 g/mol. The van der Waals surface area contributed by atoms with Crippen LogP contribution in [0.25, 0.3) is 0 Å². The first-order valence-electron chi connectivity index (χ1n) is 6.51. The minimum Gasteiger partial charge on any atom is -0.416 e. The van der Waals surface area contributed by atoms with Crippen molar-refractivity contribution in [1.82, 2.24) is 15.5 Å². The lowest BCUT2D eigenvalue weighted by molar-refractivity contribution is 0.429. The Kier molecular flexibility index (Phi) is 5.46. The molecule has 0 aliphatic carbocycles. The lowest BCUT2D eigenvalue weighted by atomic mass is 10.2. The molecule has 0 unspecified atom stereocenters. The highest BCUT2D eigenvalue weighted by molar-refractivity contribution is 7.99. The minimum atomic E-state index is 0.509. The summed E-state index contributed by atoms with van der Waals surface area (Å²) in [5, 5.41) is 12.4. The monoisotopic (exact) mass is 311 g/mol. The molecule has 0 bridgehead atoms. The molecule has 0 fully saturated rings. The van der Waals surface area contributed by atoms with Gasteiger partial charge in [0.15, 0.2) is 0 Å². The van der Waals surface area contributed by atoms with Gasteiger partial charge in [-0.15, -0.1) is 10.2 Å². The van der Waals surface area contributed by atoms with Crippen molar-refractivity contribution >= 4 is 23.4 Å². The third-order valence-electron chi connectivity index (χ3n) is 2.58. The van der Waals surface area contributed by atoms with Gasteiger partial charge in [-0.05, 0) is 41.9 Å². The highest BCUT2D eigenvalue weighted by Crippen LogP contribution is 2.32. The quantitative estimate of drug-likeness (QED) is 0.876. The topological polar surface area (TPSA) is 51.0 Å². The molecule has 20 heavy (non-hydrogen) atoms. The molecular formula is C14H18ClN3OS. The van der Waals surface area contributed by atoms with Gasteiger partial charge in [0.2, 0.25) is 5.89 Å². The van der Waals surface area contributed by atoms with Crippen molar-refractivity contribution in [2.45, 2.75) is 37.4 Å². The van der Waals surface area contributed by atoms with Crippen LogP contribution >= 0.6 is 23.4 Å². The van der Waals surface area contributed by atoms with E-state index >= 15 is 0 Å². The van der Waals surface area contributed by atoms with E-state index in [1.807, 2.05) is 12.1 Å². The van der Waals surface area contributed by atoms with Gasteiger partial charge in [0.25, 0.3) is 5.22 Å². The molecule has 108 valence electrons. The molecule has 4 nitrogen and oxygen atoms in total. The maximum atomic E-state index is 6.29. The van der Waals surface area contributed by atoms with E-state index in [2.05, 4.69) is 35.4 Å². The van der Waals surface area contributed by atoms with Crippen molar-refractivity contribution in [2.24, 2.45) is 5.92 Å². The van der Waals surface area contributed by atoms with E-state index in [4.69, 9.17) is 16.0 Å². The van der Waals surface area contributed by atoms with Crippen molar-refractivity contribution < 1.29 is 4.42 Å². The van der Waals surface area contributed by atoms with E-state index in [1.54, 1.807) is 6.92 Å². The fourth-order valence-corrected chi connectivity index (χ4v) is 2.70. The summed E-state index contributed by atoms with van der Waals surface area (Å²) in [4.78, 5) is 0.919. The van der Waals surface area contributed by atoms with E-state index in [0.29, 0.717) is 22.1 Å². The number of nitrogens with one attached hydrogen (secondary N) is 1. The zero-order valence-electron chi connectivity index (χ0n) is 11.8. The Hall–Kier alpha value is -1.04. The van der Waals surface area contributed by atoms with E-state index in [-0.39, 0.29) is 0 Å². The molecule has 0 saturated carbocycles. The van der Waals surface area contributed by atoms with Gasteiger partial charge >= 0.3 is 0 Å². The fraction of sp³-hybridized carbons (Fsp3) is 0.429. The Morgan fingerprint density at radius 3 is 2.75 bits per heavy atom. The Morgan fingerprint density at radius 2 is 2.15 bits per heavy atom. The van der Waals surface area contributed by atoms with Crippen LogP contribution in [0.15, 0.2) is 32.7 Å². The van der Waals surface area contributed by atoms with E-state index < -0.39 is 0 Å². The van der Waals surface area contributed by atoms with Crippen LogP contribution in [0.4, 0.5) is 0 Å². The first-order chi connectivity index (χ1) is 9.54. The predicted molar refractivity (Wildman–Crippen MR) is 81.2 cm³/mol. The van der Waals surface area contributed by atoms with Crippen LogP contribution in [0, 0.1) is 12.8 Å².